The molecule has 2 aromatic rings. The van der Waals surface area contributed by atoms with Crippen LogP contribution in [0.2, 0.25) is 0 Å². The summed E-state index contributed by atoms with van der Waals surface area (Å²) in [7, 11) is 0. The van der Waals surface area contributed by atoms with Crippen LogP contribution in [-0.4, -0.2) is 43.1 Å². The Morgan fingerprint density at radius 2 is 1.72 bits per heavy atom. The maximum Gasteiger partial charge on any atom is 0.231 e. The van der Waals surface area contributed by atoms with Crippen molar-refractivity contribution in [3.63, 3.8) is 0 Å². The smallest absolute Gasteiger partial charge is 0.231 e. The van der Waals surface area contributed by atoms with Crippen molar-refractivity contribution in [1.82, 2.24) is 10.2 Å². The van der Waals surface area contributed by atoms with Crippen LogP contribution in [0.3, 0.4) is 0 Å². The van der Waals surface area contributed by atoms with Gasteiger partial charge in [0.1, 0.15) is 0 Å². The number of benzene rings is 2. The number of piperidine rings is 1. The molecule has 2 saturated heterocycles. The minimum absolute atomic E-state index is 0.0499. The van der Waals surface area contributed by atoms with Gasteiger partial charge in [0, 0.05) is 37.8 Å². The van der Waals surface area contributed by atoms with Crippen LogP contribution in [0.4, 0.5) is 5.69 Å². The second-order valence-corrected chi connectivity index (χ2v) is 8.81. The van der Waals surface area contributed by atoms with Gasteiger partial charge in [0.05, 0.1) is 5.92 Å². The standard InChI is InChI=1S/C25H29N3O4/c29-24-12-20(16-28(24)21-8-9-22-23(13-21)32-17-31-22)25(30)26-14-18-4-6-19(7-5-18)15-27-10-2-1-3-11-27/h4-9,13,20H,1-3,10-12,14-17H2,(H,26,30). The Morgan fingerprint density at radius 1 is 0.969 bits per heavy atom. The molecule has 7 nitrogen and oxygen atoms in total. The maximum atomic E-state index is 12.7. The normalized spacial score (nSPS) is 20.6. The average Bonchev–Trinajstić information content (AvgIpc) is 3.45. The molecule has 0 aromatic heterocycles. The fourth-order valence-electron chi connectivity index (χ4n) is 4.66. The van der Waals surface area contributed by atoms with Crippen molar-refractivity contribution in [1.29, 1.82) is 0 Å². The highest BCUT2D eigenvalue weighted by Gasteiger charge is 2.35. The molecule has 1 N–H and O–H groups in total. The molecule has 0 aliphatic carbocycles. The fraction of sp³-hybridized carbons (Fsp3) is 0.440. The SMILES string of the molecule is O=C(NCc1ccc(CN2CCCCC2)cc1)C1CC(=O)N(c2ccc3c(c2)OCO3)C1. The van der Waals surface area contributed by atoms with Crippen LogP contribution in [0.5, 0.6) is 11.5 Å². The zero-order chi connectivity index (χ0) is 21.9. The van der Waals surface area contributed by atoms with Crippen molar-refractivity contribution in [3.8, 4) is 11.5 Å². The topological polar surface area (TPSA) is 71.1 Å². The van der Waals surface area contributed by atoms with Crippen LogP contribution in [0.15, 0.2) is 42.5 Å². The summed E-state index contributed by atoms with van der Waals surface area (Å²) in [6, 6.07) is 13.9. The van der Waals surface area contributed by atoms with Gasteiger partial charge < -0.3 is 19.7 Å². The maximum absolute atomic E-state index is 12.7. The number of ether oxygens (including phenoxy) is 2. The van der Waals surface area contributed by atoms with Gasteiger partial charge >= 0.3 is 0 Å². The fourth-order valence-corrected chi connectivity index (χ4v) is 4.66. The van der Waals surface area contributed by atoms with Gasteiger partial charge in [-0.1, -0.05) is 30.7 Å². The molecular formula is C25H29N3O4. The van der Waals surface area contributed by atoms with E-state index in [1.807, 2.05) is 6.07 Å². The Hall–Kier alpha value is -3.06. The van der Waals surface area contributed by atoms with Gasteiger partial charge in [-0.05, 0) is 49.2 Å². The molecule has 3 aliphatic heterocycles. The van der Waals surface area contributed by atoms with E-state index in [9.17, 15) is 9.59 Å². The first kappa shape index (κ1) is 20.8. The summed E-state index contributed by atoms with van der Waals surface area (Å²) < 4.78 is 10.7. The van der Waals surface area contributed by atoms with Crippen molar-refractivity contribution in [3.05, 3.63) is 53.6 Å². The molecule has 0 spiro atoms. The van der Waals surface area contributed by atoms with E-state index in [0.29, 0.717) is 24.6 Å². The lowest BCUT2D eigenvalue weighted by Crippen LogP contribution is -2.32. The molecular weight excluding hydrogens is 406 g/mol. The average molecular weight is 436 g/mol. The third kappa shape index (κ3) is 4.58. The molecule has 0 bridgehead atoms. The highest BCUT2D eigenvalue weighted by Crippen LogP contribution is 2.37. The molecule has 2 amide bonds. The molecule has 2 fully saturated rings. The van der Waals surface area contributed by atoms with Crippen LogP contribution < -0.4 is 19.7 Å². The minimum atomic E-state index is -0.355. The lowest BCUT2D eigenvalue weighted by Gasteiger charge is -2.26. The lowest BCUT2D eigenvalue weighted by molar-refractivity contribution is -0.126. The Balaban J connectivity index is 1.13. The van der Waals surface area contributed by atoms with E-state index in [0.717, 1.165) is 17.8 Å². The quantitative estimate of drug-likeness (QED) is 0.755. The minimum Gasteiger partial charge on any atom is -0.454 e. The Kier molecular flexibility index (Phi) is 5.99. The molecule has 168 valence electrons. The van der Waals surface area contributed by atoms with E-state index < -0.39 is 0 Å². The van der Waals surface area contributed by atoms with Gasteiger partial charge in [0.15, 0.2) is 11.5 Å². The molecule has 0 saturated carbocycles. The Bertz CT molecular complexity index is 985. The predicted octanol–water partition coefficient (Wildman–Crippen LogP) is 3.07. The number of hydrogen-bond donors (Lipinski definition) is 1. The van der Waals surface area contributed by atoms with Gasteiger partial charge in [0.25, 0.3) is 0 Å². The number of fused-ring (bicyclic) bond motifs is 1. The van der Waals surface area contributed by atoms with E-state index in [2.05, 4.69) is 34.5 Å². The van der Waals surface area contributed by atoms with Crippen molar-refractivity contribution < 1.29 is 19.1 Å². The second kappa shape index (κ2) is 9.20. The van der Waals surface area contributed by atoms with E-state index in [1.54, 1.807) is 17.0 Å². The molecule has 1 atom stereocenters. The third-order valence-electron chi connectivity index (χ3n) is 6.51. The van der Waals surface area contributed by atoms with Gasteiger partial charge in [-0.15, -0.1) is 0 Å². The number of nitrogens with one attached hydrogen (secondary N) is 1. The van der Waals surface area contributed by atoms with Crippen molar-refractivity contribution >= 4 is 17.5 Å². The largest absolute Gasteiger partial charge is 0.454 e. The number of amides is 2. The van der Waals surface area contributed by atoms with Crippen LogP contribution in [0.25, 0.3) is 0 Å². The second-order valence-electron chi connectivity index (χ2n) is 8.81. The van der Waals surface area contributed by atoms with Crippen molar-refractivity contribution in [2.24, 2.45) is 5.92 Å². The van der Waals surface area contributed by atoms with E-state index in [1.165, 1.54) is 37.9 Å². The molecule has 0 radical (unpaired) electrons. The highest BCUT2D eigenvalue weighted by molar-refractivity contribution is 6.00. The van der Waals surface area contributed by atoms with Crippen LogP contribution in [0.1, 0.15) is 36.8 Å². The molecule has 5 rings (SSSR count). The number of carbonyl (C=O) groups is 2. The summed E-state index contributed by atoms with van der Waals surface area (Å²) in [6.07, 6.45) is 4.14. The summed E-state index contributed by atoms with van der Waals surface area (Å²) in [4.78, 5) is 29.4. The zero-order valence-electron chi connectivity index (χ0n) is 18.2. The van der Waals surface area contributed by atoms with E-state index in [-0.39, 0.29) is 30.9 Å². The molecule has 1 unspecified atom stereocenters. The summed E-state index contributed by atoms with van der Waals surface area (Å²) in [6.45, 7) is 4.39. The summed E-state index contributed by atoms with van der Waals surface area (Å²) >= 11 is 0. The molecule has 3 aliphatic rings. The number of nitrogens with zero attached hydrogens (tertiary/aromatic N) is 2. The first-order valence-electron chi connectivity index (χ1n) is 11.4. The number of likely N-dealkylation sites (tertiary alicyclic amines) is 1. The monoisotopic (exact) mass is 435 g/mol. The van der Waals surface area contributed by atoms with Crippen molar-refractivity contribution in [2.75, 3.05) is 31.3 Å². The zero-order valence-corrected chi connectivity index (χ0v) is 18.2. The van der Waals surface area contributed by atoms with E-state index in [4.69, 9.17) is 9.47 Å². The summed E-state index contributed by atoms with van der Waals surface area (Å²) in [5, 5.41) is 3.00. The number of hydrogen-bond acceptors (Lipinski definition) is 5. The third-order valence-corrected chi connectivity index (χ3v) is 6.51. The summed E-state index contributed by atoms with van der Waals surface area (Å²) in [5.74, 6) is 0.819. The van der Waals surface area contributed by atoms with Gasteiger partial charge in [0.2, 0.25) is 18.6 Å². The van der Waals surface area contributed by atoms with Gasteiger partial charge in [-0.25, -0.2) is 0 Å². The first-order valence-corrected chi connectivity index (χ1v) is 11.4. The first-order chi connectivity index (χ1) is 15.7. The van der Waals surface area contributed by atoms with Gasteiger partial charge in [-0.3, -0.25) is 14.5 Å². The Labute approximate surface area is 188 Å². The van der Waals surface area contributed by atoms with Gasteiger partial charge in [-0.2, -0.15) is 0 Å². The van der Waals surface area contributed by atoms with Crippen LogP contribution >= 0.6 is 0 Å². The molecule has 7 heteroatoms. The van der Waals surface area contributed by atoms with E-state index >= 15 is 0 Å². The molecule has 2 aromatic carbocycles. The molecule has 3 heterocycles. The Morgan fingerprint density at radius 3 is 2.53 bits per heavy atom. The van der Waals surface area contributed by atoms with Crippen LogP contribution in [-0.2, 0) is 22.7 Å². The highest BCUT2D eigenvalue weighted by atomic mass is 16.7. The number of carbonyl (C=O) groups excluding carboxylic acids is 2. The predicted molar refractivity (Wildman–Crippen MR) is 120 cm³/mol. The van der Waals surface area contributed by atoms with Crippen molar-refractivity contribution in [2.45, 2.75) is 38.8 Å². The summed E-state index contributed by atoms with van der Waals surface area (Å²) in [5.41, 5.74) is 3.11. The lowest BCUT2D eigenvalue weighted by atomic mass is 10.1. The number of anilines is 1. The van der Waals surface area contributed by atoms with Crippen LogP contribution in [0, 0.1) is 5.92 Å². The number of rotatable bonds is 6. The molecule has 32 heavy (non-hydrogen) atoms.